The van der Waals surface area contributed by atoms with Crippen molar-refractivity contribution in [2.45, 2.75) is 44.0 Å². The molecule has 256 valence electrons. The molecule has 4 fully saturated rings. The first-order valence-electron chi connectivity index (χ1n) is 15.6. The fraction of sp³-hybridized carbons (Fsp3) is 0.778. The molecule has 4 unspecified atom stereocenters. The predicted molar refractivity (Wildman–Crippen MR) is 159 cm³/mol. The first-order chi connectivity index (χ1) is 21.9. The van der Waals surface area contributed by atoms with Gasteiger partial charge < -0.3 is 40.2 Å². The number of ether oxygens (including phenoxy) is 2. The van der Waals surface area contributed by atoms with Gasteiger partial charge in [0.15, 0.2) is 0 Å². The molecule has 0 saturated carbocycles. The SMILES string of the molecule is C[C@@H](NC(=O)CNC(=O)CN1CCN2CC(=O)OC(CN(CC(=O)O)CCN3CC(=O)OC(C1)C3)C2)C(=O)N1CCC[C@H]1B(O)O. The van der Waals surface area contributed by atoms with Gasteiger partial charge in [0.25, 0.3) is 0 Å². The molecule has 6 atom stereocenters. The zero-order valence-electron chi connectivity index (χ0n) is 26.0. The maximum atomic E-state index is 12.9. The van der Waals surface area contributed by atoms with Crippen LogP contribution in [0.25, 0.3) is 0 Å². The quantitative estimate of drug-likeness (QED) is 0.116. The lowest BCUT2D eigenvalue weighted by atomic mass is 9.78. The molecule has 3 amide bonds. The molecule has 4 heterocycles. The minimum Gasteiger partial charge on any atom is -0.480 e. The van der Waals surface area contributed by atoms with Gasteiger partial charge >= 0.3 is 25.0 Å². The zero-order chi connectivity index (χ0) is 33.4. The van der Waals surface area contributed by atoms with E-state index in [9.17, 15) is 43.9 Å². The number of esters is 2. The lowest BCUT2D eigenvalue weighted by Crippen LogP contribution is -2.56. The lowest BCUT2D eigenvalue weighted by Gasteiger charge is -2.39. The molecule has 4 aliphatic rings. The molecule has 0 spiro atoms. The van der Waals surface area contributed by atoms with Gasteiger partial charge in [0.1, 0.15) is 18.2 Å². The van der Waals surface area contributed by atoms with Crippen molar-refractivity contribution in [3.63, 3.8) is 0 Å². The Morgan fingerprint density at radius 2 is 1.41 bits per heavy atom. The van der Waals surface area contributed by atoms with E-state index in [0.29, 0.717) is 58.7 Å². The number of amides is 3. The lowest BCUT2D eigenvalue weighted by molar-refractivity contribution is -0.164. The monoisotopic (exact) mass is 653 g/mol. The van der Waals surface area contributed by atoms with E-state index in [0.717, 1.165) is 0 Å². The van der Waals surface area contributed by atoms with E-state index < -0.39 is 73.5 Å². The molecule has 0 aromatic heterocycles. The van der Waals surface area contributed by atoms with E-state index in [1.54, 1.807) is 9.80 Å². The maximum Gasteiger partial charge on any atom is 0.475 e. The number of carboxylic acids is 1. The normalized spacial score (nSPS) is 28.7. The molecule has 4 rings (SSSR count). The fourth-order valence-corrected chi connectivity index (χ4v) is 6.34. The second kappa shape index (κ2) is 16.5. The number of hydrogen-bond donors (Lipinski definition) is 5. The van der Waals surface area contributed by atoms with Crippen molar-refractivity contribution in [1.82, 2.24) is 35.1 Å². The first-order valence-corrected chi connectivity index (χ1v) is 15.6. The van der Waals surface area contributed by atoms with Crippen molar-refractivity contribution in [3.8, 4) is 0 Å². The zero-order valence-corrected chi connectivity index (χ0v) is 26.0. The summed E-state index contributed by atoms with van der Waals surface area (Å²) in [7, 11) is -1.67. The van der Waals surface area contributed by atoms with Crippen LogP contribution in [0.15, 0.2) is 0 Å². The molecule has 46 heavy (non-hydrogen) atoms. The summed E-state index contributed by atoms with van der Waals surface area (Å²) in [5.41, 5.74) is 0. The Hall–Kier alpha value is -3.36. The number of carboxylic acid groups (broad SMARTS) is 1. The predicted octanol–water partition coefficient (Wildman–Crippen LogP) is -5.23. The number of carbonyl (C=O) groups is 6. The van der Waals surface area contributed by atoms with Crippen molar-refractivity contribution in [2.24, 2.45) is 0 Å². The number of aliphatic carboxylic acids is 1. The second-order valence-electron chi connectivity index (χ2n) is 12.3. The topological polar surface area (TPSA) is 222 Å². The van der Waals surface area contributed by atoms with Crippen LogP contribution in [0, 0.1) is 0 Å². The minimum atomic E-state index is -1.67. The minimum absolute atomic E-state index is 0.0359. The molecule has 0 aromatic carbocycles. The summed E-state index contributed by atoms with van der Waals surface area (Å²) in [5.74, 6) is -4.12. The van der Waals surface area contributed by atoms with Gasteiger partial charge in [-0.2, -0.15) is 0 Å². The summed E-state index contributed by atoms with van der Waals surface area (Å²) in [6.07, 6.45) is -0.0430. The number of carbonyl (C=O) groups excluding carboxylic acids is 5. The molecule has 0 aliphatic carbocycles. The van der Waals surface area contributed by atoms with Crippen LogP contribution in [0.2, 0.25) is 0 Å². The van der Waals surface area contributed by atoms with E-state index in [-0.39, 0.29) is 39.3 Å². The summed E-state index contributed by atoms with van der Waals surface area (Å²) < 4.78 is 11.1. The van der Waals surface area contributed by atoms with Crippen LogP contribution in [0.1, 0.15) is 19.8 Å². The second-order valence-corrected chi connectivity index (χ2v) is 12.3. The Bertz CT molecular complexity index is 1150. The van der Waals surface area contributed by atoms with Crippen LogP contribution < -0.4 is 10.6 Å². The highest BCUT2D eigenvalue weighted by molar-refractivity contribution is 6.43. The third-order valence-electron chi connectivity index (χ3n) is 8.46. The molecule has 0 aromatic rings. The highest BCUT2D eigenvalue weighted by Crippen LogP contribution is 2.19. The van der Waals surface area contributed by atoms with Crippen LogP contribution in [0.4, 0.5) is 0 Å². The van der Waals surface area contributed by atoms with Gasteiger partial charge in [0, 0.05) is 58.9 Å². The molecular weight excluding hydrogens is 609 g/mol. The Labute approximate surface area is 267 Å². The van der Waals surface area contributed by atoms with E-state index in [1.807, 2.05) is 9.80 Å². The number of fused-ring (bicyclic) bond motifs is 4. The van der Waals surface area contributed by atoms with Crippen molar-refractivity contribution < 1.29 is 53.4 Å². The largest absolute Gasteiger partial charge is 0.480 e. The van der Waals surface area contributed by atoms with Crippen molar-refractivity contribution in [1.29, 1.82) is 0 Å². The molecule has 4 saturated heterocycles. The standard InChI is InChI=1S/C27H44BN7O11/c1-18(27(42)35-4-2-3-21(35)28(43)44)30-22(36)9-29-23(37)14-31-5-7-33-13-20(46-26(41)16-33)11-32(15-24(38)39)6-8-34-12-19(10-31)45-25(40)17-34/h18-21,43-44H,2-17H2,1H3,(H,29,37)(H,30,36)(H,38,39)/t18-,19?,20?,21+/m1/s1. The molecule has 4 bridgehead atoms. The third-order valence-corrected chi connectivity index (χ3v) is 8.46. The number of rotatable bonds is 9. The number of hydrogen-bond acceptors (Lipinski definition) is 14. The fourth-order valence-electron chi connectivity index (χ4n) is 6.34. The number of likely N-dealkylation sites (tertiary alicyclic amines) is 1. The summed E-state index contributed by atoms with van der Waals surface area (Å²) in [6, 6.07) is -0.938. The Kier molecular flexibility index (Phi) is 12.7. The summed E-state index contributed by atoms with van der Waals surface area (Å²) in [4.78, 5) is 83.1. The van der Waals surface area contributed by atoms with Crippen LogP contribution in [-0.2, 0) is 38.2 Å². The molecule has 5 N–H and O–H groups in total. The van der Waals surface area contributed by atoms with Crippen molar-refractivity contribution in [3.05, 3.63) is 0 Å². The average Bonchev–Trinajstić information content (AvgIpc) is 3.47. The molecule has 19 heteroatoms. The van der Waals surface area contributed by atoms with Crippen LogP contribution in [0.5, 0.6) is 0 Å². The maximum absolute atomic E-state index is 12.9. The average molecular weight is 653 g/mol. The summed E-state index contributed by atoms with van der Waals surface area (Å²) >= 11 is 0. The Balaban J connectivity index is 1.34. The van der Waals surface area contributed by atoms with Gasteiger partial charge in [0.2, 0.25) is 17.7 Å². The highest BCUT2D eigenvalue weighted by Gasteiger charge is 2.39. The van der Waals surface area contributed by atoms with E-state index in [1.165, 1.54) is 11.8 Å². The van der Waals surface area contributed by atoms with Gasteiger partial charge in [0.05, 0.1) is 38.7 Å². The Morgan fingerprint density at radius 1 is 0.848 bits per heavy atom. The molecule has 18 nitrogen and oxygen atoms in total. The van der Waals surface area contributed by atoms with Crippen molar-refractivity contribution >= 4 is 42.7 Å². The van der Waals surface area contributed by atoms with Crippen LogP contribution in [-0.4, -0.2) is 198 Å². The van der Waals surface area contributed by atoms with E-state index >= 15 is 0 Å². The first kappa shape index (κ1) is 35.5. The number of nitrogens with zero attached hydrogens (tertiary/aromatic N) is 5. The smallest absolute Gasteiger partial charge is 0.475 e. The van der Waals surface area contributed by atoms with Gasteiger partial charge in [-0.1, -0.05) is 0 Å². The summed E-state index contributed by atoms with van der Waals surface area (Å²) in [6.45, 7) is 3.77. The van der Waals surface area contributed by atoms with Gasteiger partial charge in [-0.05, 0) is 19.8 Å². The van der Waals surface area contributed by atoms with Gasteiger partial charge in [-0.15, -0.1) is 0 Å². The van der Waals surface area contributed by atoms with Gasteiger partial charge in [-0.25, -0.2) is 0 Å². The third kappa shape index (κ3) is 10.6. The van der Waals surface area contributed by atoms with Gasteiger partial charge in [-0.3, -0.25) is 48.4 Å². The number of nitrogens with one attached hydrogen (secondary N) is 2. The highest BCUT2D eigenvalue weighted by atomic mass is 16.6. The van der Waals surface area contributed by atoms with Crippen molar-refractivity contribution in [2.75, 3.05) is 91.6 Å². The van der Waals surface area contributed by atoms with E-state index in [2.05, 4.69) is 10.6 Å². The molecular formula is C27H44BN7O11. The van der Waals surface area contributed by atoms with Crippen LogP contribution in [0.3, 0.4) is 0 Å². The van der Waals surface area contributed by atoms with E-state index in [4.69, 9.17) is 9.47 Å². The molecule has 0 radical (unpaired) electrons. The number of morpholine rings is 2. The van der Waals surface area contributed by atoms with Crippen LogP contribution >= 0.6 is 0 Å². The molecule has 4 aliphatic heterocycles. The summed E-state index contributed by atoms with van der Waals surface area (Å²) in [5, 5.41) is 33.5. The Morgan fingerprint density at radius 3 is 1.96 bits per heavy atom.